The lowest BCUT2D eigenvalue weighted by Crippen LogP contribution is -2.54. The second-order valence-electron chi connectivity index (χ2n) is 7.21. The number of carbonyl (C=O) groups is 2. The molecule has 134 valence electrons. The molecule has 3 heterocycles. The molecule has 1 N–H and O–H groups in total. The Morgan fingerprint density at radius 3 is 2.88 bits per heavy atom. The van der Waals surface area contributed by atoms with Crippen LogP contribution in [0.15, 0.2) is 18.2 Å². The van der Waals surface area contributed by atoms with Crippen LogP contribution in [0.3, 0.4) is 0 Å². The molecule has 6 nitrogen and oxygen atoms in total. The average Bonchev–Trinajstić information content (AvgIpc) is 3.33. The maximum atomic E-state index is 12.8. The maximum absolute atomic E-state index is 12.8. The molecule has 1 saturated carbocycles. The molecule has 3 aliphatic rings. The first-order valence-electron chi connectivity index (χ1n) is 8.93. The molecule has 2 amide bonds. The number of amides is 2. The highest BCUT2D eigenvalue weighted by molar-refractivity contribution is 6.29. The molecule has 4 rings (SSSR count). The first-order valence-corrected chi connectivity index (χ1v) is 9.31. The molecule has 0 aromatic carbocycles. The van der Waals surface area contributed by atoms with Crippen molar-refractivity contribution in [3.05, 3.63) is 29.0 Å². The molecule has 1 aromatic rings. The summed E-state index contributed by atoms with van der Waals surface area (Å²) in [7, 11) is 0. The molecule has 0 radical (unpaired) electrons. The molecule has 3 atom stereocenters. The molecule has 0 spiro atoms. The SMILES string of the molecule is O=C(NCC1CC1)[C@H]1CN(C(=O)c2cccc(Cl)n2)C[C@H]2OCC[C@@H]12. The van der Waals surface area contributed by atoms with E-state index in [1.54, 1.807) is 23.1 Å². The van der Waals surface area contributed by atoms with Gasteiger partial charge in [-0.05, 0) is 37.3 Å². The van der Waals surface area contributed by atoms with Gasteiger partial charge in [0, 0.05) is 32.2 Å². The van der Waals surface area contributed by atoms with Crippen LogP contribution in [0.1, 0.15) is 29.8 Å². The van der Waals surface area contributed by atoms with Gasteiger partial charge in [-0.2, -0.15) is 0 Å². The van der Waals surface area contributed by atoms with E-state index in [4.69, 9.17) is 16.3 Å². The van der Waals surface area contributed by atoms with E-state index < -0.39 is 0 Å². The van der Waals surface area contributed by atoms with E-state index in [1.807, 2.05) is 0 Å². The highest BCUT2D eigenvalue weighted by atomic mass is 35.5. The Kier molecular flexibility index (Phi) is 4.65. The number of aromatic nitrogens is 1. The van der Waals surface area contributed by atoms with Gasteiger partial charge in [-0.15, -0.1) is 0 Å². The number of hydrogen-bond donors (Lipinski definition) is 1. The number of carbonyl (C=O) groups excluding carboxylic acids is 2. The van der Waals surface area contributed by atoms with Crippen LogP contribution in [0.5, 0.6) is 0 Å². The second kappa shape index (κ2) is 6.92. The van der Waals surface area contributed by atoms with Gasteiger partial charge in [0.25, 0.3) is 5.91 Å². The summed E-state index contributed by atoms with van der Waals surface area (Å²) in [6.45, 7) is 2.31. The summed E-state index contributed by atoms with van der Waals surface area (Å²) in [6.07, 6.45) is 3.20. The van der Waals surface area contributed by atoms with Crippen molar-refractivity contribution in [2.75, 3.05) is 26.2 Å². The summed E-state index contributed by atoms with van der Waals surface area (Å²) in [5.74, 6) is 0.454. The van der Waals surface area contributed by atoms with Crippen LogP contribution in [-0.4, -0.2) is 54.0 Å². The fraction of sp³-hybridized carbons (Fsp3) is 0.611. The van der Waals surface area contributed by atoms with Crippen LogP contribution in [-0.2, 0) is 9.53 Å². The molecule has 2 aliphatic heterocycles. The van der Waals surface area contributed by atoms with Crippen LogP contribution in [0, 0.1) is 17.8 Å². The Balaban J connectivity index is 1.49. The van der Waals surface area contributed by atoms with Crippen LogP contribution in [0.4, 0.5) is 0 Å². The van der Waals surface area contributed by atoms with Gasteiger partial charge in [-0.25, -0.2) is 4.98 Å². The minimum absolute atomic E-state index is 0.0453. The average molecular weight is 364 g/mol. The lowest BCUT2D eigenvalue weighted by atomic mass is 9.82. The third kappa shape index (κ3) is 3.65. The summed E-state index contributed by atoms with van der Waals surface area (Å²) in [5, 5.41) is 3.35. The van der Waals surface area contributed by atoms with Crippen LogP contribution in [0.25, 0.3) is 0 Å². The molecular formula is C18H22ClN3O3. The van der Waals surface area contributed by atoms with E-state index in [0.29, 0.717) is 31.3 Å². The third-order valence-electron chi connectivity index (χ3n) is 5.41. The fourth-order valence-corrected chi connectivity index (χ4v) is 3.97. The molecule has 1 aromatic heterocycles. The number of piperidine rings is 1. The van der Waals surface area contributed by atoms with Crippen molar-refractivity contribution in [1.29, 1.82) is 0 Å². The van der Waals surface area contributed by atoms with Crippen molar-refractivity contribution >= 4 is 23.4 Å². The van der Waals surface area contributed by atoms with Crippen molar-refractivity contribution in [2.45, 2.75) is 25.4 Å². The summed E-state index contributed by atoms with van der Waals surface area (Å²) in [4.78, 5) is 31.3. The lowest BCUT2D eigenvalue weighted by Gasteiger charge is -2.39. The predicted molar refractivity (Wildman–Crippen MR) is 92.2 cm³/mol. The Bertz CT molecular complexity index is 679. The number of nitrogens with one attached hydrogen (secondary N) is 1. The second-order valence-corrected chi connectivity index (χ2v) is 7.60. The highest BCUT2D eigenvalue weighted by Crippen LogP contribution is 2.35. The summed E-state index contributed by atoms with van der Waals surface area (Å²) in [6, 6.07) is 5.00. The molecule has 2 saturated heterocycles. The quantitative estimate of drug-likeness (QED) is 0.827. The topological polar surface area (TPSA) is 71.5 Å². The Labute approximate surface area is 151 Å². The minimum Gasteiger partial charge on any atom is -0.376 e. The zero-order valence-electron chi connectivity index (χ0n) is 14.0. The molecule has 0 unspecified atom stereocenters. The van der Waals surface area contributed by atoms with Crippen LogP contribution >= 0.6 is 11.6 Å². The number of halogens is 1. The van der Waals surface area contributed by atoms with Gasteiger partial charge in [0.2, 0.25) is 5.91 Å². The molecule has 1 aliphatic carbocycles. The Hall–Kier alpha value is -1.66. The number of ether oxygens (including phenoxy) is 1. The van der Waals surface area contributed by atoms with Gasteiger partial charge in [0.05, 0.1) is 12.0 Å². The maximum Gasteiger partial charge on any atom is 0.272 e. The Morgan fingerprint density at radius 1 is 1.28 bits per heavy atom. The number of likely N-dealkylation sites (tertiary alicyclic amines) is 1. The number of rotatable bonds is 4. The third-order valence-corrected chi connectivity index (χ3v) is 5.63. The molecule has 0 bridgehead atoms. The first kappa shape index (κ1) is 16.8. The number of pyridine rings is 1. The van der Waals surface area contributed by atoms with Gasteiger partial charge >= 0.3 is 0 Å². The van der Waals surface area contributed by atoms with Gasteiger partial charge < -0.3 is 15.0 Å². The van der Waals surface area contributed by atoms with E-state index in [0.717, 1.165) is 13.0 Å². The van der Waals surface area contributed by atoms with E-state index in [2.05, 4.69) is 10.3 Å². The number of fused-ring (bicyclic) bond motifs is 1. The lowest BCUT2D eigenvalue weighted by molar-refractivity contribution is -0.130. The summed E-state index contributed by atoms with van der Waals surface area (Å²) < 4.78 is 5.79. The normalized spacial score (nSPS) is 28.5. The van der Waals surface area contributed by atoms with Crippen molar-refractivity contribution in [1.82, 2.24) is 15.2 Å². The van der Waals surface area contributed by atoms with Gasteiger partial charge in [-0.1, -0.05) is 17.7 Å². The summed E-state index contributed by atoms with van der Waals surface area (Å²) in [5.41, 5.74) is 0.307. The van der Waals surface area contributed by atoms with Crippen molar-refractivity contribution < 1.29 is 14.3 Å². The van der Waals surface area contributed by atoms with Crippen molar-refractivity contribution in [3.63, 3.8) is 0 Å². The van der Waals surface area contributed by atoms with Crippen LogP contribution < -0.4 is 5.32 Å². The van der Waals surface area contributed by atoms with Crippen molar-refractivity contribution in [3.8, 4) is 0 Å². The highest BCUT2D eigenvalue weighted by Gasteiger charge is 2.45. The van der Waals surface area contributed by atoms with E-state index in [9.17, 15) is 9.59 Å². The zero-order chi connectivity index (χ0) is 17.4. The smallest absolute Gasteiger partial charge is 0.272 e. The molecular weight excluding hydrogens is 342 g/mol. The van der Waals surface area contributed by atoms with Gasteiger partial charge in [0.15, 0.2) is 0 Å². The molecule has 7 heteroatoms. The predicted octanol–water partition coefficient (Wildman–Crippen LogP) is 1.74. The monoisotopic (exact) mass is 363 g/mol. The van der Waals surface area contributed by atoms with E-state index >= 15 is 0 Å². The van der Waals surface area contributed by atoms with Crippen LogP contribution in [0.2, 0.25) is 5.15 Å². The fourth-order valence-electron chi connectivity index (χ4n) is 3.81. The standard InChI is InChI=1S/C18H22ClN3O3/c19-16-3-1-2-14(21-16)18(24)22-9-13(12-6-7-25-15(12)10-22)17(23)20-8-11-4-5-11/h1-3,11-13,15H,4-10H2,(H,20,23)/t12-,13-,15+/m0/s1. The summed E-state index contributed by atoms with van der Waals surface area (Å²) >= 11 is 5.90. The first-order chi connectivity index (χ1) is 12.1. The Morgan fingerprint density at radius 2 is 2.12 bits per heavy atom. The van der Waals surface area contributed by atoms with Gasteiger partial charge in [-0.3, -0.25) is 9.59 Å². The molecule has 25 heavy (non-hydrogen) atoms. The van der Waals surface area contributed by atoms with E-state index in [1.165, 1.54) is 12.8 Å². The van der Waals surface area contributed by atoms with Crippen molar-refractivity contribution in [2.24, 2.45) is 17.8 Å². The van der Waals surface area contributed by atoms with E-state index in [-0.39, 0.29) is 34.9 Å². The largest absolute Gasteiger partial charge is 0.376 e. The minimum atomic E-state index is -0.219. The molecule has 3 fully saturated rings. The zero-order valence-corrected chi connectivity index (χ0v) is 14.7. The number of hydrogen-bond acceptors (Lipinski definition) is 4. The van der Waals surface area contributed by atoms with Gasteiger partial charge in [0.1, 0.15) is 10.8 Å². The number of nitrogens with zero attached hydrogens (tertiary/aromatic N) is 2.